The van der Waals surface area contributed by atoms with Gasteiger partial charge in [-0.2, -0.15) is 9.47 Å². The van der Waals surface area contributed by atoms with E-state index < -0.39 is 11.6 Å². The van der Waals surface area contributed by atoms with Crippen molar-refractivity contribution in [1.29, 1.82) is 0 Å². The lowest BCUT2D eigenvalue weighted by atomic mass is 10.1. The number of halogens is 2. The molecule has 0 spiro atoms. The van der Waals surface area contributed by atoms with Crippen LogP contribution in [0.5, 0.6) is 0 Å². The van der Waals surface area contributed by atoms with E-state index in [2.05, 4.69) is 41.0 Å². The standard InChI is InChI=1S/C28H29F2N9OS/c1-18-14-39-24(20-12-33-38(15-20)17-25(40)31-11-19-5-6-22(29)23(30)9-19)13-32-28(39)27(34-18)35-26-10-21(36-41-26)16-37-7-3-2-4-8-37/h5-6,9-10,12-15H,2-4,7-8,11,16-17H2,1H3,(H,31,40)(H,34,35). The first kappa shape index (κ1) is 27.0. The molecule has 212 valence electrons. The summed E-state index contributed by atoms with van der Waals surface area (Å²) in [7, 11) is 0. The topological polar surface area (TPSA) is 105 Å². The number of hydrogen-bond acceptors (Lipinski definition) is 8. The Balaban J connectivity index is 1.13. The molecule has 6 rings (SSSR count). The largest absolute Gasteiger partial charge is 0.350 e. The molecule has 1 aromatic carbocycles. The second kappa shape index (κ2) is 11.7. The molecule has 0 bridgehead atoms. The minimum absolute atomic E-state index is 0.0288. The molecule has 10 nitrogen and oxygen atoms in total. The number of rotatable bonds is 9. The van der Waals surface area contributed by atoms with Crippen LogP contribution in [-0.4, -0.2) is 52.4 Å². The molecule has 0 unspecified atom stereocenters. The third-order valence-electron chi connectivity index (χ3n) is 6.96. The molecule has 41 heavy (non-hydrogen) atoms. The van der Waals surface area contributed by atoms with Gasteiger partial charge in [-0.3, -0.25) is 18.8 Å². The fourth-order valence-electron chi connectivity index (χ4n) is 4.95. The number of benzene rings is 1. The Labute approximate surface area is 239 Å². The molecule has 13 heteroatoms. The summed E-state index contributed by atoms with van der Waals surface area (Å²) in [5.74, 6) is -1.55. The van der Waals surface area contributed by atoms with Gasteiger partial charge in [0.1, 0.15) is 11.5 Å². The maximum atomic E-state index is 13.4. The third kappa shape index (κ3) is 6.25. The summed E-state index contributed by atoms with van der Waals surface area (Å²) < 4.78 is 34.6. The average molecular weight is 578 g/mol. The number of aromatic nitrogens is 6. The van der Waals surface area contributed by atoms with Crippen LogP contribution in [0.25, 0.3) is 16.9 Å². The summed E-state index contributed by atoms with van der Waals surface area (Å²) in [6.07, 6.45) is 10.9. The van der Waals surface area contributed by atoms with E-state index in [1.165, 1.54) is 41.5 Å². The molecule has 5 heterocycles. The first-order chi connectivity index (χ1) is 19.9. The highest BCUT2D eigenvalue weighted by atomic mass is 32.1. The zero-order valence-corrected chi connectivity index (χ0v) is 23.3. The number of aryl methyl sites for hydroxylation is 1. The Morgan fingerprint density at radius 2 is 1.93 bits per heavy atom. The Kier molecular flexibility index (Phi) is 7.70. The Morgan fingerprint density at radius 3 is 2.76 bits per heavy atom. The molecule has 0 saturated carbocycles. The molecule has 0 atom stereocenters. The van der Waals surface area contributed by atoms with E-state index in [-0.39, 0.29) is 19.0 Å². The van der Waals surface area contributed by atoms with Crippen molar-refractivity contribution in [3.8, 4) is 11.3 Å². The lowest BCUT2D eigenvalue weighted by molar-refractivity contribution is -0.122. The van der Waals surface area contributed by atoms with Gasteiger partial charge in [0.15, 0.2) is 23.1 Å². The van der Waals surface area contributed by atoms with E-state index in [0.29, 0.717) is 17.0 Å². The Morgan fingerprint density at radius 1 is 1.07 bits per heavy atom. The van der Waals surface area contributed by atoms with Crippen LogP contribution in [0.3, 0.4) is 0 Å². The first-order valence-electron chi connectivity index (χ1n) is 13.4. The predicted molar refractivity (Wildman–Crippen MR) is 152 cm³/mol. The first-order valence-corrected chi connectivity index (χ1v) is 14.2. The molecule has 1 aliphatic heterocycles. The SMILES string of the molecule is Cc1cn2c(-c3cnn(CC(=O)NCc4ccc(F)c(F)c4)c3)cnc2c(Nc2cc(CN3CCCCC3)ns2)n1. The van der Waals surface area contributed by atoms with Crippen LogP contribution >= 0.6 is 11.5 Å². The molecular formula is C28H29F2N9OS. The normalized spacial score (nSPS) is 14.0. The van der Waals surface area contributed by atoms with Crippen molar-refractivity contribution in [1.82, 2.24) is 38.7 Å². The zero-order chi connectivity index (χ0) is 28.3. The van der Waals surface area contributed by atoms with Crippen molar-refractivity contribution in [3.63, 3.8) is 0 Å². The average Bonchev–Trinajstić information content (AvgIpc) is 3.70. The summed E-state index contributed by atoms with van der Waals surface area (Å²) in [5.41, 5.74) is 4.57. The molecule has 1 fully saturated rings. The fraction of sp³-hybridized carbons (Fsp3) is 0.321. The quantitative estimate of drug-likeness (QED) is 0.262. The van der Waals surface area contributed by atoms with Gasteiger partial charge >= 0.3 is 0 Å². The van der Waals surface area contributed by atoms with Gasteiger partial charge in [-0.05, 0) is 68.1 Å². The molecule has 4 aromatic heterocycles. The molecule has 2 N–H and O–H groups in total. The van der Waals surface area contributed by atoms with Crippen molar-refractivity contribution >= 4 is 33.9 Å². The van der Waals surface area contributed by atoms with Gasteiger partial charge in [0.25, 0.3) is 0 Å². The van der Waals surface area contributed by atoms with Gasteiger partial charge in [0, 0.05) is 31.0 Å². The van der Waals surface area contributed by atoms with Crippen LogP contribution in [0.2, 0.25) is 0 Å². The maximum Gasteiger partial charge on any atom is 0.241 e. The van der Waals surface area contributed by atoms with Crippen molar-refractivity contribution in [2.45, 2.75) is 45.8 Å². The molecule has 1 amide bonds. The maximum absolute atomic E-state index is 13.4. The van der Waals surface area contributed by atoms with Crippen molar-refractivity contribution in [3.05, 3.63) is 77.6 Å². The van der Waals surface area contributed by atoms with Crippen molar-refractivity contribution in [2.75, 3.05) is 18.4 Å². The van der Waals surface area contributed by atoms with Gasteiger partial charge in [-0.15, -0.1) is 0 Å². The highest BCUT2D eigenvalue weighted by Crippen LogP contribution is 2.28. The number of fused-ring (bicyclic) bond motifs is 1. The summed E-state index contributed by atoms with van der Waals surface area (Å²) in [4.78, 5) is 24.2. The number of imidazole rings is 1. The van der Waals surface area contributed by atoms with Gasteiger partial charge < -0.3 is 10.6 Å². The molecule has 0 aliphatic carbocycles. The number of piperidine rings is 1. The number of nitrogens with zero attached hydrogens (tertiary/aromatic N) is 7. The minimum Gasteiger partial charge on any atom is -0.350 e. The van der Waals surface area contributed by atoms with E-state index in [4.69, 9.17) is 0 Å². The van der Waals surface area contributed by atoms with Gasteiger partial charge in [-0.25, -0.2) is 18.7 Å². The number of carbonyl (C=O) groups is 1. The molecule has 5 aromatic rings. The second-order valence-corrected chi connectivity index (χ2v) is 11.0. The van der Waals surface area contributed by atoms with E-state index in [0.717, 1.165) is 59.4 Å². The van der Waals surface area contributed by atoms with Gasteiger partial charge in [0.2, 0.25) is 5.91 Å². The summed E-state index contributed by atoms with van der Waals surface area (Å²) in [6, 6.07) is 5.61. The third-order valence-corrected chi connectivity index (χ3v) is 7.70. The minimum atomic E-state index is -0.949. The van der Waals surface area contributed by atoms with Gasteiger partial charge in [-0.1, -0.05) is 12.5 Å². The second-order valence-electron chi connectivity index (χ2n) is 10.2. The molecular weight excluding hydrogens is 548 g/mol. The van der Waals surface area contributed by atoms with Crippen molar-refractivity contribution in [2.24, 2.45) is 0 Å². The van der Waals surface area contributed by atoms with E-state index in [1.807, 2.05) is 17.5 Å². The monoisotopic (exact) mass is 577 g/mol. The number of anilines is 2. The molecule has 1 saturated heterocycles. The number of nitrogens with one attached hydrogen (secondary N) is 2. The highest BCUT2D eigenvalue weighted by molar-refractivity contribution is 7.10. The number of amides is 1. The van der Waals surface area contributed by atoms with Crippen LogP contribution in [0.4, 0.5) is 19.6 Å². The highest BCUT2D eigenvalue weighted by Gasteiger charge is 2.16. The molecule has 1 aliphatic rings. The smallest absolute Gasteiger partial charge is 0.241 e. The number of likely N-dealkylation sites (tertiary alicyclic amines) is 1. The lowest BCUT2D eigenvalue weighted by Gasteiger charge is -2.25. The van der Waals surface area contributed by atoms with Crippen LogP contribution in [0.15, 0.2) is 49.1 Å². The van der Waals surface area contributed by atoms with E-state index >= 15 is 0 Å². The summed E-state index contributed by atoms with van der Waals surface area (Å²) in [6.45, 7) is 5.07. The predicted octanol–water partition coefficient (Wildman–Crippen LogP) is 4.68. The van der Waals surface area contributed by atoms with E-state index in [9.17, 15) is 13.6 Å². The Bertz CT molecular complexity index is 1690. The lowest BCUT2D eigenvalue weighted by Crippen LogP contribution is -2.29. The summed E-state index contributed by atoms with van der Waals surface area (Å²) in [5, 5.41) is 11.3. The zero-order valence-electron chi connectivity index (χ0n) is 22.5. The number of carbonyl (C=O) groups excluding carboxylic acids is 1. The number of hydrogen-bond donors (Lipinski definition) is 2. The molecule has 0 radical (unpaired) electrons. The van der Waals surface area contributed by atoms with Crippen LogP contribution < -0.4 is 10.6 Å². The van der Waals surface area contributed by atoms with Gasteiger partial charge in [0.05, 0.1) is 29.5 Å². The van der Waals surface area contributed by atoms with Crippen LogP contribution in [0, 0.1) is 18.6 Å². The van der Waals surface area contributed by atoms with Crippen LogP contribution in [0.1, 0.15) is 36.2 Å². The fourth-order valence-corrected chi connectivity index (χ4v) is 5.61. The Hall–Kier alpha value is -4.23. The van der Waals surface area contributed by atoms with Crippen LogP contribution in [-0.2, 0) is 24.4 Å². The summed E-state index contributed by atoms with van der Waals surface area (Å²) >= 11 is 1.41. The van der Waals surface area contributed by atoms with E-state index in [1.54, 1.807) is 18.6 Å². The van der Waals surface area contributed by atoms with Crippen molar-refractivity contribution < 1.29 is 13.6 Å².